The van der Waals surface area contributed by atoms with Crippen molar-refractivity contribution in [2.45, 2.75) is 0 Å². The standard InChI is InChI=1S/C2H2O2.Co/c3-2-1-4-2;/h1H2;. The monoisotopic (exact) mass is 117 g/mol. The average Bonchev–Trinajstić information content (AvgIpc) is 1.75. The molecule has 0 aromatic heterocycles. The van der Waals surface area contributed by atoms with E-state index in [0.717, 1.165) is 0 Å². The fourth-order valence-electron chi connectivity index (χ4n) is 0.0295. The van der Waals surface area contributed by atoms with Gasteiger partial charge in [-0.2, -0.15) is 0 Å². The second kappa shape index (κ2) is 1.42. The second-order valence-electron chi connectivity index (χ2n) is 0.661. The summed E-state index contributed by atoms with van der Waals surface area (Å²) in [6, 6.07) is 0. The van der Waals surface area contributed by atoms with Crippen LogP contribution in [-0.4, -0.2) is 12.6 Å². The maximum absolute atomic E-state index is 9.33. The van der Waals surface area contributed by atoms with Crippen LogP contribution in [0.3, 0.4) is 0 Å². The van der Waals surface area contributed by atoms with Gasteiger partial charge in [0.15, 0.2) is 6.61 Å². The molecule has 0 aliphatic carbocycles. The summed E-state index contributed by atoms with van der Waals surface area (Å²) in [4.78, 5) is 9.33. The number of hydrogen-bond donors (Lipinski definition) is 0. The van der Waals surface area contributed by atoms with Crippen LogP contribution < -0.4 is 0 Å². The molecule has 31 valence electrons. The zero-order valence-electron chi connectivity index (χ0n) is 2.36. The first-order valence-electron chi connectivity index (χ1n) is 1.05. The number of ether oxygens (including phenoxy) is 1. The minimum Gasteiger partial charge on any atom is -0.451 e. The van der Waals surface area contributed by atoms with E-state index in [-0.39, 0.29) is 22.7 Å². The van der Waals surface area contributed by atoms with Gasteiger partial charge in [0.25, 0.3) is 0 Å². The molecule has 1 radical (unpaired) electrons. The Hall–Kier alpha value is -0.0235. The van der Waals surface area contributed by atoms with Crippen LogP contribution in [0.4, 0.5) is 0 Å². The molecule has 1 fully saturated rings. The Morgan fingerprint density at radius 1 is 1.80 bits per heavy atom. The van der Waals surface area contributed by atoms with Crippen molar-refractivity contribution in [1.82, 2.24) is 0 Å². The normalized spacial score (nSPS) is 15.6. The number of epoxide rings is 1. The molecular formula is C2H2CoO2. The van der Waals surface area contributed by atoms with Crippen LogP contribution >= 0.6 is 0 Å². The van der Waals surface area contributed by atoms with E-state index in [1.165, 1.54) is 0 Å². The Bertz CT molecular complexity index is 45.6. The van der Waals surface area contributed by atoms with Gasteiger partial charge in [0.05, 0.1) is 0 Å². The van der Waals surface area contributed by atoms with Crippen LogP contribution in [0.1, 0.15) is 0 Å². The van der Waals surface area contributed by atoms with E-state index in [9.17, 15) is 4.79 Å². The molecule has 1 rings (SSSR count). The number of cyclic esters (lactones) is 1. The van der Waals surface area contributed by atoms with Gasteiger partial charge < -0.3 is 4.74 Å². The smallest absolute Gasteiger partial charge is 0.344 e. The molecule has 0 amide bonds. The topological polar surface area (TPSA) is 29.6 Å². The Labute approximate surface area is 39.7 Å². The summed E-state index contributed by atoms with van der Waals surface area (Å²) in [5, 5.41) is 0. The van der Waals surface area contributed by atoms with Crippen molar-refractivity contribution in [3.05, 3.63) is 0 Å². The second-order valence-corrected chi connectivity index (χ2v) is 0.661. The van der Waals surface area contributed by atoms with Gasteiger partial charge in [-0.3, -0.25) is 0 Å². The van der Waals surface area contributed by atoms with E-state index >= 15 is 0 Å². The molecule has 0 aromatic rings. The largest absolute Gasteiger partial charge is 0.451 e. The number of carbonyl (C=O) groups is 1. The molecule has 1 aliphatic rings. The molecule has 0 saturated carbocycles. The molecule has 0 aromatic carbocycles. The Morgan fingerprint density at radius 2 is 2.00 bits per heavy atom. The van der Waals surface area contributed by atoms with Crippen LogP contribution in [0.25, 0.3) is 0 Å². The van der Waals surface area contributed by atoms with Crippen molar-refractivity contribution in [2.75, 3.05) is 6.61 Å². The Balaban J connectivity index is 0.000000160. The van der Waals surface area contributed by atoms with E-state index in [2.05, 4.69) is 4.74 Å². The van der Waals surface area contributed by atoms with Crippen molar-refractivity contribution in [1.29, 1.82) is 0 Å². The number of rotatable bonds is 0. The first kappa shape index (κ1) is 4.98. The van der Waals surface area contributed by atoms with Crippen molar-refractivity contribution < 1.29 is 26.3 Å². The number of hydrogen-bond acceptors (Lipinski definition) is 2. The summed E-state index contributed by atoms with van der Waals surface area (Å²) in [5.41, 5.74) is 0. The zero-order chi connectivity index (χ0) is 2.99. The van der Waals surface area contributed by atoms with Gasteiger partial charge in [-0.1, -0.05) is 0 Å². The van der Waals surface area contributed by atoms with Crippen LogP contribution in [-0.2, 0) is 26.3 Å². The van der Waals surface area contributed by atoms with Crippen molar-refractivity contribution in [2.24, 2.45) is 0 Å². The molecule has 1 aliphatic heterocycles. The predicted molar refractivity (Wildman–Crippen MR) is 11.0 cm³/mol. The molecule has 1 saturated heterocycles. The molecule has 1 heterocycles. The predicted octanol–water partition coefficient (Wildman–Crippen LogP) is -0.459. The SMILES string of the molecule is O=C1CO1.[Co]. The summed E-state index contributed by atoms with van der Waals surface area (Å²) in [6.45, 7) is 0.347. The summed E-state index contributed by atoms with van der Waals surface area (Å²) in [7, 11) is 0. The van der Waals surface area contributed by atoms with Gasteiger partial charge in [0.1, 0.15) is 0 Å². The van der Waals surface area contributed by atoms with E-state index in [1.807, 2.05) is 0 Å². The van der Waals surface area contributed by atoms with Crippen molar-refractivity contribution in [3.8, 4) is 0 Å². The molecule has 0 bridgehead atoms. The van der Waals surface area contributed by atoms with Crippen LogP contribution in [0, 0.1) is 0 Å². The molecule has 5 heavy (non-hydrogen) atoms. The van der Waals surface area contributed by atoms with Gasteiger partial charge in [0.2, 0.25) is 0 Å². The van der Waals surface area contributed by atoms with Crippen molar-refractivity contribution in [3.63, 3.8) is 0 Å². The minimum atomic E-state index is -0.0833. The van der Waals surface area contributed by atoms with E-state index in [1.54, 1.807) is 0 Å². The first-order valence-corrected chi connectivity index (χ1v) is 1.05. The molecular weight excluding hydrogens is 115 g/mol. The van der Waals surface area contributed by atoms with Gasteiger partial charge >= 0.3 is 5.97 Å². The summed E-state index contributed by atoms with van der Waals surface area (Å²) >= 11 is 0. The fraction of sp³-hybridized carbons (Fsp3) is 0.500. The molecule has 0 N–H and O–H groups in total. The molecule has 2 nitrogen and oxygen atoms in total. The zero-order valence-corrected chi connectivity index (χ0v) is 3.40. The fourth-order valence-corrected chi connectivity index (χ4v) is 0.0295. The van der Waals surface area contributed by atoms with Gasteiger partial charge in [-0.05, 0) is 0 Å². The Kier molecular flexibility index (Phi) is 1.42. The van der Waals surface area contributed by atoms with Crippen LogP contribution in [0.15, 0.2) is 0 Å². The first-order chi connectivity index (χ1) is 1.89. The third-order valence-corrected chi connectivity index (χ3v) is 0.262. The third kappa shape index (κ3) is 1.75. The summed E-state index contributed by atoms with van der Waals surface area (Å²) in [6.07, 6.45) is 0. The van der Waals surface area contributed by atoms with Gasteiger partial charge in [-0.25, -0.2) is 4.79 Å². The minimum absolute atomic E-state index is 0. The molecule has 0 atom stereocenters. The van der Waals surface area contributed by atoms with Crippen LogP contribution in [0.2, 0.25) is 0 Å². The van der Waals surface area contributed by atoms with E-state index in [4.69, 9.17) is 0 Å². The van der Waals surface area contributed by atoms with Gasteiger partial charge in [0, 0.05) is 16.8 Å². The summed E-state index contributed by atoms with van der Waals surface area (Å²) in [5.74, 6) is -0.0833. The summed E-state index contributed by atoms with van der Waals surface area (Å²) < 4.78 is 4.07. The van der Waals surface area contributed by atoms with Gasteiger partial charge in [-0.15, -0.1) is 0 Å². The maximum Gasteiger partial charge on any atom is 0.344 e. The molecule has 0 spiro atoms. The van der Waals surface area contributed by atoms with Crippen molar-refractivity contribution >= 4 is 5.97 Å². The van der Waals surface area contributed by atoms with E-state index < -0.39 is 0 Å². The van der Waals surface area contributed by atoms with Crippen LogP contribution in [0.5, 0.6) is 0 Å². The maximum atomic E-state index is 9.33. The molecule has 0 unspecified atom stereocenters. The average molecular weight is 117 g/mol. The molecule has 3 heteroatoms. The number of carbonyl (C=O) groups excluding carboxylic acids is 1. The Morgan fingerprint density at radius 3 is 2.00 bits per heavy atom. The quantitative estimate of drug-likeness (QED) is 0.402. The third-order valence-electron chi connectivity index (χ3n) is 0.262. The van der Waals surface area contributed by atoms with E-state index in [0.29, 0.717) is 6.61 Å².